The van der Waals surface area contributed by atoms with Crippen LogP contribution in [0.2, 0.25) is 0 Å². The minimum Gasteiger partial charge on any atom is -0.374 e. The van der Waals surface area contributed by atoms with Gasteiger partial charge in [-0.1, -0.05) is 44.2 Å². The van der Waals surface area contributed by atoms with Gasteiger partial charge in [0.15, 0.2) is 0 Å². The fourth-order valence-electron chi connectivity index (χ4n) is 2.56. The maximum atomic E-state index is 10.3. The summed E-state index contributed by atoms with van der Waals surface area (Å²) in [7, 11) is 2.16. The lowest BCUT2D eigenvalue weighted by Crippen LogP contribution is -2.23. The van der Waals surface area contributed by atoms with Gasteiger partial charge in [-0.25, -0.2) is 14.2 Å². The lowest BCUT2D eigenvalue weighted by atomic mass is 10.1. The topological polar surface area (TPSA) is 45.0 Å². The van der Waals surface area contributed by atoms with Gasteiger partial charge in [-0.3, -0.25) is 0 Å². The van der Waals surface area contributed by atoms with Gasteiger partial charge < -0.3 is 4.90 Å². The van der Waals surface area contributed by atoms with Crippen molar-refractivity contribution in [3.63, 3.8) is 0 Å². The van der Waals surface area contributed by atoms with Crippen LogP contribution in [0.3, 0.4) is 0 Å². The van der Waals surface area contributed by atoms with Crippen molar-refractivity contribution in [2.45, 2.75) is 20.8 Å². The van der Waals surface area contributed by atoms with Crippen molar-refractivity contribution in [2.24, 2.45) is 15.9 Å². The molecule has 2 aromatic rings. The molecule has 1 heterocycles. The molecule has 0 aromatic heterocycles. The average Bonchev–Trinajstić information content (AvgIpc) is 2.98. The first-order valence-electron chi connectivity index (χ1n) is 7.97. The smallest absolute Gasteiger partial charge is 0.249 e. The number of rotatable bonds is 3. The maximum absolute atomic E-state index is 10.3. The first-order valence-corrected chi connectivity index (χ1v) is 8.71. The molecule has 0 aliphatic carbocycles. The van der Waals surface area contributed by atoms with E-state index in [1.807, 2.05) is 24.3 Å². The van der Waals surface area contributed by atoms with E-state index in [0.717, 1.165) is 17.3 Å². The monoisotopic (exact) mass is 341 g/mol. The Kier molecular flexibility index (Phi) is 6.44. The number of nitrogens with zero attached hydrogens (tertiary/aromatic N) is 3. The zero-order chi connectivity index (χ0) is 17.5. The van der Waals surface area contributed by atoms with Crippen LogP contribution in [0.4, 0.5) is 5.69 Å². The largest absolute Gasteiger partial charge is 0.374 e. The van der Waals surface area contributed by atoms with E-state index in [1.165, 1.54) is 11.3 Å². The van der Waals surface area contributed by atoms with Gasteiger partial charge in [0.2, 0.25) is 5.11 Å². The van der Waals surface area contributed by atoms with E-state index >= 15 is 0 Å². The van der Waals surface area contributed by atoms with Crippen LogP contribution in [-0.2, 0) is 11.3 Å². The van der Waals surface area contributed by atoms with E-state index in [-0.39, 0.29) is 0 Å². The minimum atomic E-state index is 0.297. The molecule has 24 heavy (non-hydrogen) atoms. The summed E-state index contributed by atoms with van der Waals surface area (Å²) in [4.78, 5) is 10.3. The molecule has 0 fully saturated rings. The first kappa shape index (κ1) is 18.1. The van der Waals surface area contributed by atoms with Gasteiger partial charge in [0.05, 0.1) is 10.7 Å². The number of fused-ring (bicyclic) bond motifs is 1. The van der Waals surface area contributed by atoms with E-state index in [0.29, 0.717) is 22.3 Å². The third-order valence-electron chi connectivity index (χ3n) is 3.55. The highest BCUT2D eigenvalue weighted by Crippen LogP contribution is 2.18. The molecule has 5 heteroatoms. The van der Waals surface area contributed by atoms with Crippen molar-refractivity contribution >= 4 is 22.1 Å². The molecule has 1 aliphatic heterocycles. The SMILES string of the molecule is Cc1ccccc1N(C)CC(C)C.O=S=C1N=c2ccccc2=N1. The summed E-state index contributed by atoms with van der Waals surface area (Å²) in [6, 6.07) is 15.9. The Morgan fingerprint density at radius 2 is 1.54 bits per heavy atom. The predicted octanol–water partition coefficient (Wildman–Crippen LogP) is 2.33. The van der Waals surface area contributed by atoms with E-state index in [2.05, 4.69) is 67.0 Å². The summed E-state index contributed by atoms with van der Waals surface area (Å²) in [5.74, 6) is 0.713. The average molecular weight is 341 g/mol. The Labute approximate surface area is 146 Å². The van der Waals surface area contributed by atoms with Crippen molar-refractivity contribution in [2.75, 3.05) is 18.5 Å². The molecule has 0 N–H and O–H groups in total. The number of hydrogen-bond acceptors (Lipinski definition) is 2. The second kappa shape index (κ2) is 8.55. The molecule has 0 spiro atoms. The number of aryl methyl sites for hydroxylation is 1. The van der Waals surface area contributed by atoms with Gasteiger partial charge in [-0.15, -0.1) is 0 Å². The Morgan fingerprint density at radius 3 is 2.04 bits per heavy atom. The Hall–Kier alpha value is -2.27. The zero-order valence-electron chi connectivity index (χ0n) is 14.6. The van der Waals surface area contributed by atoms with E-state index in [4.69, 9.17) is 0 Å². The first-order chi connectivity index (χ1) is 11.5. The molecule has 0 bridgehead atoms. The lowest BCUT2D eigenvalue weighted by molar-refractivity contribution is 0.638. The summed E-state index contributed by atoms with van der Waals surface area (Å²) >= 11 is 0.322. The molecular weight excluding hydrogens is 318 g/mol. The molecule has 0 amide bonds. The highest BCUT2D eigenvalue weighted by molar-refractivity contribution is 7.66. The highest BCUT2D eigenvalue weighted by atomic mass is 32.1. The summed E-state index contributed by atoms with van der Waals surface area (Å²) in [6.07, 6.45) is 0. The molecule has 0 saturated heterocycles. The van der Waals surface area contributed by atoms with E-state index < -0.39 is 0 Å². The third-order valence-corrected chi connectivity index (χ3v) is 3.89. The molecule has 126 valence electrons. The molecule has 1 aliphatic rings. The van der Waals surface area contributed by atoms with Crippen molar-refractivity contribution in [1.82, 2.24) is 0 Å². The number of benzene rings is 2. The highest BCUT2D eigenvalue weighted by Gasteiger charge is 2.04. The van der Waals surface area contributed by atoms with Crippen molar-refractivity contribution in [3.05, 3.63) is 64.8 Å². The summed E-state index contributed by atoms with van der Waals surface area (Å²) < 4.78 is 10.3. The van der Waals surface area contributed by atoms with Gasteiger partial charge in [-0.2, -0.15) is 0 Å². The van der Waals surface area contributed by atoms with Crippen LogP contribution >= 0.6 is 0 Å². The van der Waals surface area contributed by atoms with Crippen molar-refractivity contribution in [1.29, 1.82) is 0 Å². The van der Waals surface area contributed by atoms with Gasteiger partial charge >= 0.3 is 0 Å². The predicted molar refractivity (Wildman–Crippen MR) is 101 cm³/mol. The summed E-state index contributed by atoms with van der Waals surface area (Å²) in [5.41, 5.74) is 2.70. The molecule has 0 saturated carbocycles. The Morgan fingerprint density at radius 1 is 1.00 bits per heavy atom. The minimum absolute atomic E-state index is 0.297. The van der Waals surface area contributed by atoms with Crippen LogP contribution in [0.5, 0.6) is 0 Å². The van der Waals surface area contributed by atoms with Gasteiger partial charge in [0, 0.05) is 19.3 Å². The third kappa shape index (κ3) is 4.86. The van der Waals surface area contributed by atoms with Crippen molar-refractivity contribution < 1.29 is 4.21 Å². The molecule has 0 atom stereocenters. The number of para-hydroxylation sites is 3. The van der Waals surface area contributed by atoms with Crippen LogP contribution in [0, 0.1) is 12.8 Å². The van der Waals surface area contributed by atoms with Crippen LogP contribution < -0.4 is 15.6 Å². The standard InChI is InChI=1S/C12H19N.C7H4N2OS/c1-10(2)9-13(4)12-8-6-5-7-11(12)3;10-11-7-8-5-3-1-2-4-6(5)9-7/h5-8,10H,9H2,1-4H3;1-4H. The molecular formula is C19H23N3OS. The van der Waals surface area contributed by atoms with Crippen molar-refractivity contribution in [3.8, 4) is 0 Å². The Bertz CT molecular complexity index is 833. The maximum Gasteiger partial charge on any atom is 0.249 e. The number of anilines is 1. The fraction of sp³-hybridized carbons (Fsp3) is 0.316. The number of hydrogen-bond donors (Lipinski definition) is 0. The second-order valence-electron chi connectivity index (χ2n) is 6.14. The molecule has 2 aromatic carbocycles. The van der Waals surface area contributed by atoms with E-state index in [9.17, 15) is 4.21 Å². The van der Waals surface area contributed by atoms with Crippen LogP contribution in [-0.4, -0.2) is 22.9 Å². The second-order valence-corrected chi connectivity index (χ2v) is 6.67. The quantitative estimate of drug-likeness (QED) is 0.804. The van der Waals surface area contributed by atoms with Crippen LogP contribution in [0.25, 0.3) is 0 Å². The van der Waals surface area contributed by atoms with Gasteiger partial charge in [-0.05, 0) is 36.6 Å². The molecule has 0 radical (unpaired) electrons. The Balaban J connectivity index is 0.000000175. The van der Waals surface area contributed by atoms with Crippen LogP contribution in [0.1, 0.15) is 19.4 Å². The normalized spacial score (nSPS) is 11.8. The summed E-state index contributed by atoms with van der Waals surface area (Å²) in [6.45, 7) is 7.76. The molecule has 0 unspecified atom stereocenters. The van der Waals surface area contributed by atoms with Crippen LogP contribution in [0.15, 0.2) is 58.5 Å². The summed E-state index contributed by atoms with van der Waals surface area (Å²) in [5, 5.41) is 1.86. The fourth-order valence-corrected chi connectivity index (χ4v) is 2.83. The molecule has 4 nitrogen and oxygen atoms in total. The zero-order valence-corrected chi connectivity index (χ0v) is 15.4. The molecule has 3 rings (SSSR count). The lowest BCUT2D eigenvalue weighted by Gasteiger charge is -2.23. The van der Waals surface area contributed by atoms with Gasteiger partial charge in [0.25, 0.3) is 0 Å². The van der Waals surface area contributed by atoms with Gasteiger partial charge in [0.1, 0.15) is 11.3 Å². The van der Waals surface area contributed by atoms with E-state index in [1.54, 1.807) is 0 Å².